The highest BCUT2D eigenvalue weighted by Crippen LogP contribution is 2.23. The third-order valence-corrected chi connectivity index (χ3v) is 3.10. The number of halogens is 1. The van der Waals surface area contributed by atoms with E-state index in [0.29, 0.717) is 17.8 Å². The molecule has 0 atom stereocenters. The number of nitrogens with zero attached hydrogens (tertiary/aromatic N) is 1. The number of hydrogen-bond acceptors (Lipinski definition) is 2. The van der Waals surface area contributed by atoms with Crippen LogP contribution in [0.1, 0.15) is 31.1 Å². The Morgan fingerprint density at radius 2 is 2.11 bits per heavy atom. The number of nitrogens with two attached hydrogens (primary N) is 1. The first-order valence-corrected chi connectivity index (χ1v) is 6.54. The Kier molecular flexibility index (Phi) is 4.57. The van der Waals surface area contributed by atoms with Crippen LogP contribution in [0.25, 0.3) is 0 Å². The van der Waals surface area contributed by atoms with Crippen LogP contribution >= 0.6 is 15.9 Å². The molecular formula is C14H19BrN2O. The molecule has 0 aromatic heterocycles. The topological polar surface area (TPSA) is 46.3 Å². The summed E-state index contributed by atoms with van der Waals surface area (Å²) in [6.07, 6.45) is 1.72. The Balaban J connectivity index is 3.14. The molecule has 0 saturated heterocycles. The molecule has 0 heterocycles. The van der Waals surface area contributed by atoms with Crippen LogP contribution in [0.2, 0.25) is 0 Å². The molecule has 2 N–H and O–H groups in total. The number of hydrogen-bond donors (Lipinski definition) is 1. The minimum atomic E-state index is -0.273. The van der Waals surface area contributed by atoms with E-state index in [4.69, 9.17) is 5.73 Å². The summed E-state index contributed by atoms with van der Waals surface area (Å²) < 4.78 is 0.863. The van der Waals surface area contributed by atoms with Crippen molar-refractivity contribution in [3.05, 3.63) is 40.9 Å². The van der Waals surface area contributed by atoms with E-state index in [0.717, 1.165) is 4.47 Å². The maximum Gasteiger partial charge on any atom is 0.256 e. The third kappa shape index (κ3) is 3.35. The Bertz CT molecular complexity index is 463. The number of carbonyl (C=O) groups is 1. The smallest absolute Gasteiger partial charge is 0.256 e. The molecule has 18 heavy (non-hydrogen) atoms. The lowest BCUT2D eigenvalue weighted by atomic mass is 10.0. The van der Waals surface area contributed by atoms with Crippen LogP contribution in [0.3, 0.4) is 0 Å². The molecule has 4 heteroatoms. The van der Waals surface area contributed by atoms with E-state index in [9.17, 15) is 4.79 Å². The molecule has 1 amide bonds. The van der Waals surface area contributed by atoms with Crippen LogP contribution in [0.15, 0.2) is 35.3 Å². The quantitative estimate of drug-likeness (QED) is 0.686. The van der Waals surface area contributed by atoms with Gasteiger partial charge in [-0.15, -0.1) is 6.58 Å². The van der Waals surface area contributed by atoms with Crippen LogP contribution in [0.4, 0.5) is 5.69 Å². The van der Waals surface area contributed by atoms with Crippen LogP contribution in [0.5, 0.6) is 0 Å². The molecular weight excluding hydrogens is 292 g/mol. The second-order valence-corrected chi connectivity index (χ2v) is 6.02. The fourth-order valence-electron chi connectivity index (χ4n) is 1.66. The number of rotatable bonds is 3. The Hall–Kier alpha value is -1.29. The zero-order valence-electron chi connectivity index (χ0n) is 11.0. The molecule has 1 aromatic rings. The van der Waals surface area contributed by atoms with Gasteiger partial charge in [0, 0.05) is 22.2 Å². The van der Waals surface area contributed by atoms with Gasteiger partial charge in [-0.2, -0.15) is 0 Å². The maximum atomic E-state index is 12.5. The molecule has 98 valence electrons. The molecule has 0 aliphatic carbocycles. The average molecular weight is 311 g/mol. The number of carbonyl (C=O) groups excluding carboxylic acids is 1. The first-order valence-electron chi connectivity index (χ1n) is 5.75. The molecule has 0 bridgehead atoms. The second kappa shape index (κ2) is 5.57. The van der Waals surface area contributed by atoms with Gasteiger partial charge in [0.05, 0.1) is 5.56 Å². The number of amides is 1. The standard InChI is InChI=1S/C14H19BrN2O/c1-5-8-17(14(2,3)4)13(18)11-7-6-10(15)9-12(11)16/h5-7,9H,1,8,16H2,2-4H3. The van der Waals surface area contributed by atoms with Gasteiger partial charge in [-0.1, -0.05) is 22.0 Å². The van der Waals surface area contributed by atoms with Crippen molar-refractivity contribution in [1.29, 1.82) is 0 Å². The van der Waals surface area contributed by atoms with E-state index in [2.05, 4.69) is 22.5 Å². The van der Waals surface area contributed by atoms with Crippen molar-refractivity contribution in [2.24, 2.45) is 0 Å². The lowest BCUT2D eigenvalue weighted by molar-refractivity contribution is 0.0618. The molecule has 1 aromatic carbocycles. The predicted octanol–water partition coefficient (Wildman–Crippen LogP) is 3.46. The molecule has 0 aliphatic heterocycles. The minimum Gasteiger partial charge on any atom is -0.398 e. The highest BCUT2D eigenvalue weighted by Gasteiger charge is 2.27. The summed E-state index contributed by atoms with van der Waals surface area (Å²) in [5.74, 6) is -0.0765. The van der Waals surface area contributed by atoms with Gasteiger partial charge < -0.3 is 10.6 Å². The van der Waals surface area contributed by atoms with Crippen LogP contribution in [0, 0.1) is 0 Å². The predicted molar refractivity (Wildman–Crippen MR) is 79.5 cm³/mol. The van der Waals surface area contributed by atoms with Crippen molar-refractivity contribution in [3.8, 4) is 0 Å². The summed E-state index contributed by atoms with van der Waals surface area (Å²) in [5.41, 5.74) is 6.63. The molecule has 0 spiro atoms. The van der Waals surface area contributed by atoms with Gasteiger partial charge >= 0.3 is 0 Å². The van der Waals surface area contributed by atoms with Gasteiger partial charge in [0.2, 0.25) is 0 Å². The molecule has 0 radical (unpaired) electrons. The van der Waals surface area contributed by atoms with Gasteiger partial charge in [-0.05, 0) is 39.0 Å². The highest BCUT2D eigenvalue weighted by atomic mass is 79.9. The highest BCUT2D eigenvalue weighted by molar-refractivity contribution is 9.10. The van der Waals surface area contributed by atoms with Crippen molar-refractivity contribution < 1.29 is 4.79 Å². The number of anilines is 1. The van der Waals surface area contributed by atoms with Gasteiger partial charge in [-0.25, -0.2) is 0 Å². The SMILES string of the molecule is C=CCN(C(=O)c1ccc(Br)cc1N)C(C)(C)C. The number of benzene rings is 1. The molecule has 0 aliphatic rings. The van der Waals surface area contributed by atoms with Crippen LogP contribution in [-0.4, -0.2) is 22.9 Å². The van der Waals surface area contributed by atoms with Crippen molar-refractivity contribution in [3.63, 3.8) is 0 Å². The molecule has 0 saturated carbocycles. The van der Waals surface area contributed by atoms with Crippen molar-refractivity contribution in [2.45, 2.75) is 26.3 Å². The molecule has 0 unspecified atom stereocenters. The van der Waals surface area contributed by atoms with E-state index in [-0.39, 0.29) is 11.4 Å². The first kappa shape index (κ1) is 14.8. The van der Waals surface area contributed by atoms with Crippen LogP contribution in [-0.2, 0) is 0 Å². The summed E-state index contributed by atoms with van der Waals surface area (Å²) in [6, 6.07) is 5.30. The van der Waals surface area contributed by atoms with E-state index in [1.807, 2.05) is 26.8 Å². The van der Waals surface area contributed by atoms with Gasteiger partial charge in [-0.3, -0.25) is 4.79 Å². The summed E-state index contributed by atoms with van der Waals surface area (Å²) in [7, 11) is 0. The van der Waals surface area contributed by atoms with Gasteiger partial charge in [0.25, 0.3) is 5.91 Å². The normalized spacial score (nSPS) is 11.1. The lowest BCUT2D eigenvalue weighted by Crippen LogP contribution is -2.45. The Labute approximate surface area is 117 Å². The Morgan fingerprint density at radius 1 is 1.50 bits per heavy atom. The lowest BCUT2D eigenvalue weighted by Gasteiger charge is -2.35. The molecule has 0 fully saturated rings. The van der Waals surface area contributed by atoms with E-state index in [1.54, 1.807) is 23.1 Å². The summed E-state index contributed by atoms with van der Waals surface area (Å²) in [4.78, 5) is 14.2. The summed E-state index contributed by atoms with van der Waals surface area (Å²) >= 11 is 3.33. The van der Waals surface area contributed by atoms with Gasteiger partial charge in [0.15, 0.2) is 0 Å². The van der Waals surface area contributed by atoms with Crippen molar-refractivity contribution >= 4 is 27.5 Å². The van der Waals surface area contributed by atoms with Crippen LogP contribution < -0.4 is 5.73 Å². The largest absolute Gasteiger partial charge is 0.398 e. The maximum absolute atomic E-state index is 12.5. The Morgan fingerprint density at radius 3 is 2.56 bits per heavy atom. The summed E-state index contributed by atoms with van der Waals surface area (Å²) in [5, 5.41) is 0. The second-order valence-electron chi connectivity index (χ2n) is 5.11. The summed E-state index contributed by atoms with van der Waals surface area (Å²) in [6.45, 7) is 10.2. The zero-order chi connectivity index (χ0) is 13.9. The van der Waals surface area contributed by atoms with E-state index >= 15 is 0 Å². The fourth-order valence-corrected chi connectivity index (χ4v) is 2.04. The van der Waals surface area contributed by atoms with Gasteiger partial charge in [0.1, 0.15) is 0 Å². The zero-order valence-corrected chi connectivity index (χ0v) is 12.6. The third-order valence-electron chi connectivity index (χ3n) is 2.61. The molecule has 3 nitrogen and oxygen atoms in total. The molecule has 1 rings (SSSR count). The van der Waals surface area contributed by atoms with E-state index in [1.165, 1.54) is 0 Å². The average Bonchev–Trinajstić information content (AvgIpc) is 2.23. The monoisotopic (exact) mass is 310 g/mol. The van der Waals surface area contributed by atoms with E-state index < -0.39 is 0 Å². The van der Waals surface area contributed by atoms with Crippen molar-refractivity contribution in [2.75, 3.05) is 12.3 Å². The first-order chi connectivity index (χ1) is 8.27. The number of nitrogen functional groups attached to an aromatic ring is 1. The van der Waals surface area contributed by atoms with Crippen molar-refractivity contribution in [1.82, 2.24) is 4.90 Å². The minimum absolute atomic E-state index is 0.0765. The fraction of sp³-hybridized carbons (Fsp3) is 0.357.